The standard InChI is InChI=1S/C27H41N5O2/c1-20(2)16-23-18-25(30(6)28-23)27(34)31-15-14-29(5)12-9-13-32(26(33)17-21(3)4)24-11-8-7-10-22(24)19-31/h7-8,10-11,18,20-21H,9,12-17,19H2,1-6H3. The predicted octanol–water partition coefficient (Wildman–Crippen LogP) is 3.98. The van der Waals surface area contributed by atoms with Crippen LogP contribution in [-0.2, 0) is 24.8 Å². The number of benzene rings is 1. The van der Waals surface area contributed by atoms with Crippen molar-refractivity contribution in [1.29, 1.82) is 0 Å². The van der Waals surface area contributed by atoms with Crippen molar-refractivity contribution in [2.24, 2.45) is 18.9 Å². The summed E-state index contributed by atoms with van der Waals surface area (Å²) >= 11 is 0. The second-order valence-corrected chi connectivity index (χ2v) is 10.4. The average Bonchev–Trinajstić information content (AvgIpc) is 3.11. The number of nitrogens with zero attached hydrogens (tertiary/aromatic N) is 5. The molecule has 0 N–H and O–H groups in total. The van der Waals surface area contributed by atoms with Gasteiger partial charge in [0, 0.05) is 45.3 Å². The molecular formula is C27H41N5O2. The first-order valence-electron chi connectivity index (χ1n) is 12.5. The van der Waals surface area contributed by atoms with Gasteiger partial charge in [0.25, 0.3) is 5.91 Å². The van der Waals surface area contributed by atoms with E-state index in [4.69, 9.17) is 0 Å². The minimum absolute atomic E-state index is 0.0208. The van der Waals surface area contributed by atoms with Gasteiger partial charge in [0.05, 0.1) is 5.69 Å². The summed E-state index contributed by atoms with van der Waals surface area (Å²) in [6, 6.07) is 9.96. The van der Waals surface area contributed by atoms with Gasteiger partial charge in [-0.15, -0.1) is 0 Å². The highest BCUT2D eigenvalue weighted by atomic mass is 16.2. The first-order chi connectivity index (χ1) is 16.2. The Morgan fingerprint density at radius 2 is 1.71 bits per heavy atom. The van der Waals surface area contributed by atoms with E-state index in [9.17, 15) is 9.59 Å². The Labute approximate surface area is 204 Å². The second kappa shape index (κ2) is 11.6. The van der Waals surface area contributed by atoms with E-state index >= 15 is 0 Å². The Kier molecular flexibility index (Phi) is 8.89. The zero-order valence-electron chi connectivity index (χ0n) is 21.8. The Hall–Kier alpha value is -2.67. The van der Waals surface area contributed by atoms with Gasteiger partial charge in [0.1, 0.15) is 5.69 Å². The molecular weight excluding hydrogens is 426 g/mol. The lowest BCUT2D eigenvalue weighted by atomic mass is 10.1. The van der Waals surface area contributed by atoms with Gasteiger partial charge >= 0.3 is 0 Å². The number of aromatic nitrogens is 2. The number of amides is 2. The van der Waals surface area contributed by atoms with Gasteiger partial charge in [0.15, 0.2) is 0 Å². The summed E-state index contributed by atoms with van der Waals surface area (Å²) in [5.74, 6) is 0.897. The number of para-hydroxylation sites is 1. The van der Waals surface area contributed by atoms with Crippen LogP contribution in [0.15, 0.2) is 30.3 Å². The number of carbonyl (C=O) groups is 2. The Morgan fingerprint density at radius 1 is 0.971 bits per heavy atom. The third-order valence-corrected chi connectivity index (χ3v) is 6.25. The van der Waals surface area contributed by atoms with Crippen molar-refractivity contribution >= 4 is 17.5 Å². The van der Waals surface area contributed by atoms with E-state index in [0.717, 1.165) is 42.9 Å². The van der Waals surface area contributed by atoms with Gasteiger partial charge in [-0.25, -0.2) is 0 Å². The molecule has 0 bridgehead atoms. The van der Waals surface area contributed by atoms with Crippen molar-refractivity contribution in [2.75, 3.05) is 38.1 Å². The highest BCUT2D eigenvalue weighted by Crippen LogP contribution is 2.25. The highest BCUT2D eigenvalue weighted by Gasteiger charge is 2.25. The smallest absolute Gasteiger partial charge is 0.272 e. The van der Waals surface area contributed by atoms with Gasteiger partial charge in [0.2, 0.25) is 5.91 Å². The molecule has 1 aliphatic heterocycles. The summed E-state index contributed by atoms with van der Waals surface area (Å²) in [5.41, 5.74) is 3.48. The van der Waals surface area contributed by atoms with Gasteiger partial charge < -0.3 is 14.7 Å². The van der Waals surface area contributed by atoms with Crippen LogP contribution >= 0.6 is 0 Å². The number of fused-ring (bicyclic) bond motifs is 1. The van der Waals surface area contributed by atoms with Crippen LogP contribution in [0.4, 0.5) is 5.69 Å². The molecule has 0 atom stereocenters. The maximum absolute atomic E-state index is 13.7. The lowest BCUT2D eigenvalue weighted by molar-refractivity contribution is -0.119. The van der Waals surface area contributed by atoms with Crippen LogP contribution in [0.1, 0.15) is 62.3 Å². The lowest BCUT2D eigenvalue weighted by Crippen LogP contribution is -2.38. The molecule has 0 saturated carbocycles. The number of hydrogen-bond acceptors (Lipinski definition) is 4. The van der Waals surface area contributed by atoms with Crippen LogP contribution in [0, 0.1) is 11.8 Å². The molecule has 1 aromatic heterocycles. The van der Waals surface area contributed by atoms with Gasteiger partial charge in [-0.3, -0.25) is 14.3 Å². The topological polar surface area (TPSA) is 61.7 Å². The fourth-order valence-electron chi connectivity index (χ4n) is 4.51. The number of aryl methyl sites for hydroxylation is 1. The van der Waals surface area contributed by atoms with Crippen LogP contribution in [0.3, 0.4) is 0 Å². The Bertz CT molecular complexity index is 981. The molecule has 0 spiro atoms. The molecule has 0 saturated heterocycles. The van der Waals surface area contributed by atoms with E-state index in [0.29, 0.717) is 43.6 Å². The van der Waals surface area contributed by atoms with Crippen molar-refractivity contribution in [3.63, 3.8) is 0 Å². The molecule has 0 aliphatic carbocycles. The van der Waals surface area contributed by atoms with Crippen LogP contribution in [-0.4, -0.2) is 64.6 Å². The normalized spacial score (nSPS) is 16.0. The molecule has 7 heteroatoms. The molecule has 7 nitrogen and oxygen atoms in total. The van der Waals surface area contributed by atoms with E-state index in [1.165, 1.54) is 0 Å². The van der Waals surface area contributed by atoms with Gasteiger partial charge in [-0.05, 0) is 56.0 Å². The first-order valence-corrected chi connectivity index (χ1v) is 12.5. The SMILES string of the molecule is CC(C)CC(=O)N1CCCN(C)CCN(C(=O)c2cc(CC(C)C)nn2C)Cc2ccccc21. The molecule has 3 rings (SSSR count). The van der Waals surface area contributed by atoms with Crippen molar-refractivity contribution < 1.29 is 9.59 Å². The summed E-state index contributed by atoms with van der Waals surface area (Å²) < 4.78 is 1.71. The van der Waals surface area contributed by atoms with E-state index in [1.807, 2.05) is 47.2 Å². The Balaban J connectivity index is 1.95. The van der Waals surface area contributed by atoms with E-state index in [-0.39, 0.29) is 11.8 Å². The third kappa shape index (κ3) is 6.69. The maximum Gasteiger partial charge on any atom is 0.272 e. The third-order valence-electron chi connectivity index (χ3n) is 6.25. The van der Waals surface area contributed by atoms with Crippen molar-refractivity contribution in [2.45, 2.75) is 53.5 Å². The molecule has 0 radical (unpaired) electrons. The largest absolute Gasteiger partial charge is 0.332 e. The molecule has 2 heterocycles. The average molecular weight is 468 g/mol. The molecule has 186 valence electrons. The quantitative estimate of drug-likeness (QED) is 0.667. The van der Waals surface area contributed by atoms with Crippen LogP contribution in [0.25, 0.3) is 0 Å². The van der Waals surface area contributed by atoms with Gasteiger partial charge in [-0.1, -0.05) is 45.9 Å². The summed E-state index contributed by atoms with van der Waals surface area (Å²) in [5, 5.41) is 4.59. The number of hydrogen-bond donors (Lipinski definition) is 0. The molecule has 1 aliphatic rings. The highest BCUT2D eigenvalue weighted by molar-refractivity contribution is 5.95. The first kappa shape index (κ1) is 25.9. The fourth-order valence-corrected chi connectivity index (χ4v) is 4.51. The summed E-state index contributed by atoms with van der Waals surface area (Å²) in [6.07, 6.45) is 2.25. The van der Waals surface area contributed by atoms with Crippen LogP contribution in [0.2, 0.25) is 0 Å². The molecule has 1 aromatic carbocycles. The summed E-state index contributed by atoms with van der Waals surface area (Å²) in [4.78, 5) is 33.0. The number of rotatable bonds is 5. The zero-order valence-corrected chi connectivity index (χ0v) is 21.8. The molecule has 0 fully saturated rings. The van der Waals surface area contributed by atoms with E-state index < -0.39 is 0 Å². The fraction of sp³-hybridized carbons (Fsp3) is 0.593. The number of carbonyl (C=O) groups excluding carboxylic acids is 2. The molecule has 0 unspecified atom stereocenters. The van der Waals surface area contributed by atoms with Crippen molar-refractivity contribution in [3.05, 3.63) is 47.3 Å². The van der Waals surface area contributed by atoms with Crippen molar-refractivity contribution in [1.82, 2.24) is 19.6 Å². The molecule has 2 aromatic rings. The van der Waals surface area contributed by atoms with Crippen LogP contribution < -0.4 is 4.90 Å². The molecule has 34 heavy (non-hydrogen) atoms. The second-order valence-electron chi connectivity index (χ2n) is 10.4. The Morgan fingerprint density at radius 3 is 2.41 bits per heavy atom. The van der Waals surface area contributed by atoms with E-state index in [2.05, 4.69) is 44.7 Å². The van der Waals surface area contributed by atoms with E-state index in [1.54, 1.807) is 4.68 Å². The molecule has 2 amide bonds. The number of likely N-dealkylation sites (N-methyl/N-ethyl adjacent to an activating group) is 1. The maximum atomic E-state index is 13.7. The minimum Gasteiger partial charge on any atom is -0.332 e. The summed E-state index contributed by atoms with van der Waals surface area (Å²) in [6.45, 7) is 11.9. The zero-order chi connectivity index (χ0) is 24.8. The predicted molar refractivity (Wildman–Crippen MR) is 137 cm³/mol. The monoisotopic (exact) mass is 467 g/mol. The lowest BCUT2D eigenvalue weighted by Gasteiger charge is -2.28. The summed E-state index contributed by atoms with van der Waals surface area (Å²) in [7, 11) is 3.93. The van der Waals surface area contributed by atoms with Crippen LogP contribution in [0.5, 0.6) is 0 Å². The van der Waals surface area contributed by atoms with Crippen molar-refractivity contribution in [3.8, 4) is 0 Å². The van der Waals surface area contributed by atoms with Gasteiger partial charge in [-0.2, -0.15) is 5.10 Å². The number of anilines is 1. The minimum atomic E-state index is -0.0208.